The van der Waals surface area contributed by atoms with Crippen LogP contribution in [0.1, 0.15) is 31.9 Å². The fourth-order valence-corrected chi connectivity index (χ4v) is 3.27. The molecular weight excluding hydrogens is 435 g/mol. The van der Waals surface area contributed by atoms with Gasteiger partial charge >= 0.3 is 56.5 Å². The van der Waals surface area contributed by atoms with Crippen molar-refractivity contribution in [3.8, 4) is 0 Å². The van der Waals surface area contributed by atoms with Crippen LogP contribution in [0.3, 0.4) is 0 Å². The minimum absolute atomic E-state index is 0. The van der Waals surface area contributed by atoms with Gasteiger partial charge in [-0.15, -0.1) is 0 Å². The van der Waals surface area contributed by atoms with Crippen molar-refractivity contribution < 1.29 is 44.3 Å². The van der Waals surface area contributed by atoms with Crippen molar-refractivity contribution in [2.75, 3.05) is 0 Å². The maximum absolute atomic E-state index is 7.50. The Kier molecular flexibility index (Phi) is 35.3. The van der Waals surface area contributed by atoms with Gasteiger partial charge in [-0.25, -0.2) is 0 Å². The summed E-state index contributed by atoms with van der Waals surface area (Å²) in [5.41, 5.74) is 2.67. The summed E-state index contributed by atoms with van der Waals surface area (Å²) in [6.45, 7) is 29.4. The van der Waals surface area contributed by atoms with Crippen molar-refractivity contribution in [1.29, 1.82) is 0 Å². The zero-order valence-corrected chi connectivity index (χ0v) is 17.4. The van der Waals surface area contributed by atoms with Gasteiger partial charge in [0.1, 0.15) is 0 Å². The maximum atomic E-state index is 7.50. The van der Waals surface area contributed by atoms with Gasteiger partial charge in [0.25, 0.3) is 0 Å². The molecule has 1 aromatic rings. The van der Waals surface area contributed by atoms with Gasteiger partial charge in [-0.2, -0.15) is 0 Å². The Morgan fingerprint density at radius 2 is 0.923 bits per heavy atom. The first-order valence-electron chi connectivity index (χ1n) is 6.33. The van der Waals surface area contributed by atoms with Gasteiger partial charge in [0, 0.05) is 21.1 Å². The normalized spacial score (nSPS) is 9.73. The van der Waals surface area contributed by atoms with Crippen LogP contribution in [-0.4, -0.2) is 5.16 Å². The van der Waals surface area contributed by atoms with Crippen LogP contribution >= 0.6 is 7.92 Å². The molecule has 0 aromatic heterocycles. The molecule has 0 saturated carbocycles. The first-order valence-corrected chi connectivity index (χ1v) is 7.81. The molecule has 1 aliphatic heterocycles. The van der Waals surface area contributed by atoms with Crippen LogP contribution in [0.4, 0.5) is 0 Å². The Labute approximate surface area is 170 Å². The summed E-state index contributed by atoms with van der Waals surface area (Å²) >= 11 is 0. The molecule has 0 bridgehead atoms. The van der Waals surface area contributed by atoms with Crippen LogP contribution in [0.5, 0.6) is 0 Å². The third kappa shape index (κ3) is 16.0. The van der Waals surface area contributed by atoms with E-state index >= 15 is 0 Å². The Balaban J connectivity index is -0.000000116. The number of hydrogen-bond acceptors (Lipinski definition) is 0. The van der Waals surface area contributed by atoms with Crippen molar-refractivity contribution in [2.24, 2.45) is 0 Å². The van der Waals surface area contributed by atoms with Crippen molar-refractivity contribution in [2.45, 2.75) is 25.9 Å². The zero-order chi connectivity index (χ0) is 20.9. The molecule has 5 nitrogen and oxygen atoms in total. The van der Waals surface area contributed by atoms with Crippen molar-refractivity contribution in [1.82, 2.24) is 0 Å². The second-order valence-electron chi connectivity index (χ2n) is 4.84. The predicted octanol–water partition coefficient (Wildman–Crippen LogP) is 4.73. The molecular formula is C19H17MoO5P. The van der Waals surface area contributed by atoms with Gasteiger partial charge < -0.3 is 0 Å². The molecule has 1 aliphatic rings. The molecule has 0 spiro atoms. The van der Waals surface area contributed by atoms with Crippen molar-refractivity contribution in [3.05, 3.63) is 80.3 Å². The van der Waals surface area contributed by atoms with E-state index in [1.165, 1.54) is 11.1 Å². The number of hydrogen-bond donors (Lipinski definition) is 0. The Hall–Kier alpha value is -1.48. The third-order valence-corrected chi connectivity index (χ3v) is 5.09. The summed E-state index contributed by atoms with van der Waals surface area (Å²) in [6, 6.07) is 8.55. The van der Waals surface area contributed by atoms with Crippen LogP contribution in [0.2, 0.25) is 0 Å². The first kappa shape index (κ1) is 35.6. The van der Waals surface area contributed by atoms with E-state index in [1.807, 2.05) is 0 Å². The molecule has 134 valence electrons. The average molecular weight is 452 g/mol. The monoisotopic (exact) mass is 454 g/mol. The van der Waals surface area contributed by atoms with Crippen LogP contribution in [0.25, 0.3) is 12.2 Å². The molecule has 0 fully saturated rings. The van der Waals surface area contributed by atoms with E-state index in [0.29, 0.717) is 5.16 Å². The Bertz CT molecular complexity index is 551. The summed E-state index contributed by atoms with van der Waals surface area (Å²) in [4.78, 5) is 0. The van der Waals surface area contributed by atoms with Gasteiger partial charge in [0.15, 0.2) is 0 Å². The standard InChI is InChI=1S/C14H17P.5CO.Mo/c1-14(2,3)15-10-8-12-6-4-5-7-13(12)9-11-15;5*1-2;/h4-11H,1-3H3;;;;;;. The van der Waals surface area contributed by atoms with Crippen molar-refractivity contribution >= 4 is 20.1 Å². The average Bonchev–Trinajstić information content (AvgIpc) is 2.92. The van der Waals surface area contributed by atoms with Gasteiger partial charge in [-0.1, -0.05) is 76.7 Å². The topological polar surface area (TPSA) is 99.5 Å². The molecule has 0 N–H and O–H groups in total. The van der Waals surface area contributed by atoms with E-state index in [1.54, 1.807) is 0 Å². The molecule has 2 rings (SSSR count). The number of fused-ring (bicyclic) bond motifs is 1. The summed E-state index contributed by atoms with van der Waals surface area (Å²) in [5, 5.41) is 0.365. The number of rotatable bonds is 0. The first-order chi connectivity index (χ1) is 12.1. The zero-order valence-electron chi connectivity index (χ0n) is 14.5. The minimum Gasteiger partial charge on any atom is 0 e. The molecule has 0 unspecified atom stereocenters. The molecule has 1 heterocycles. The van der Waals surface area contributed by atoms with E-state index in [-0.39, 0.29) is 29.0 Å². The minimum atomic E-state index is -0.147. The fourth-order valence-electron chi connectivity index (χ4n) is 1.63. The molecule has 0 atom stereocenters. The quantitative estimate of drug-likeness (QED) is 0.235. The van der Waals surface area contributed by atoms with Gasteiger partial charge in [0.2, 0.25) is 0 Å². The second kappa shape index (κ2) is 25.8. The Morgan fingerprint density at radius 1 is 0.654 bits per heavy atom. The van der Waals surface area contributed by atoms with E-state index < -0.39 is 0 Å². The third-order valence-electron chi connectivity index (χ3n) is 2.60. The van der Waals surface area contributed by atoms with Crippen LogP contribution in [-0.2, 0) is 44.3 Å². The van der Waals surface area contributed by atoms with E-state index in [0.717, 1.165) is 0 Å². The van der Waals surface area contributed by atoms with Gasteiger partial charge in [0.05, 0.1) is 0 Å². The van der Waals surface area contributed by atoms with Crippen molar-refractivity contribution in [3.63, 3.8) is 0 Å². The summed E-state index contributed by atoms with van der Waals surface area (Å²) < 4.78 is 37.5. The van der Waals surface area contributed by atoms with E-state index in [2.05, 4.69) is 102 Å². The predicted molar refractivity (Wildman–Crippen MR) is 90.8 cm³/mol. The molecule has 7 heteroatoms. The molecule has 1 aromatic carbocycles. The maximum Gasteiger partial charge on any atom is 0 e. The summed E-state index contributed by atoms with van der Waals surface area (Å²) in [7, 11) is -0.147. The van der Waals surface area contributed by atoms with E-state index in [4.69, 9.17) is 23.3 Å². The smallest absolute Gasteiger partial charge is 0 e. The molecule has 26 heavy (non-hydrogen) atoms. The Morgan fingerprint density at radius 3 is 1.15 bits per heavy atom. The van der Waals surface area contributed by atoms with Gasteiger partial charge in [-0.3, -0.25) is 0 Å². The van der Waals surface area contributed by atoms with Crippen LogP contribution < -0.4 is 0 Å². The summed E-state index contributed by atoms with van der Waals surface area (Å²) in [6.07, 6.45) is 4.54. The van der Waals surface area contributed by atoms with E-state index in [9.17, 15) is 0 Å². The largest absolute Gasteiger partial charge is 0 e. The molecule has 0 amide bonds. The summed E-state index contributed by atoms with van der Waals surface area (Å²) in [5.74, 6) is 4.75. The van der Waals surface area contributed by atoms with Crippen LogP contribution in [0.15, 0.2) is 35.9 Å². The SMILES string of the molecule is CC(C)(C)P1C=Cc2ccccc2C=C1.[C-]#[O+].[C-]#[O+].[C-]#[O+].[C-]#[O+].[C-]#[O+].[Mo]. The second-order valence-corrected chi connectivity index (χ2v) is 7.59. The number of benzene rings is 1. The van der Waals surface area contributed by atoms with Gasteiger partial charge in [-0.05, 0) is 16.3 Å². The molecule has 0 radical (unpaired) electrons. The van der Waals surface area contributed by atoms with Crippen LogP contribution in [0, 0.1) is 33.3 Å². The molecule has 0 saturated heterocycles. The fraction of sp³-hybridized carbons (Fsp3) is 0.211. The molecule has 0 aliphatic carbocycles.